The average molecular weight is 317 g/mol. The van der Waals surface area contributed by atoms with Crippen molar-refractivity contribution in [1.82, 2.24) is 19.7 Å². The molecule has 0 saturated carbocycles. The molecule has 3 rings (SSSR count). The van der Waals surface area contributed by atoms with E-state index in [1.54, 1.807) is 17.1 Å². The SMILES string of the molecule is Cc1cc(C)n(-c2cncc(NCCOCC3CCCO3)n2)n1. The van der Waals surface area contributed by atoms with E-state index in [0.29, 0.717) is 25.6 Å². The zero-order valence-electron chi connectivity index (χ0n) is 13.7. The minimum absolute atomic E-state index is 0.268. The lowest BCUT2D eigenvalue weighted by molar-refractivity contribution is 0.0206. The van der Waals surface area contributed by atoms with Crippen LogP contribution in [0.4, 0.5) is 5.82 Å². The van der Waals surface area contributed by atoms with Crippen LogP contribution >= 0.6 is 0 Å². The predicted molar refractivity (Wildman–Crippen MR) is 86.9 cm³/mol. The number of rotatable bonds is 7. The van der Waals surface area contributed by atoms with E-state index in [-0.39, 0.29) is 6.10 Å². The van der Waals surface area contributed by atoms with Crippen molar-refractivity contribution in [3.8, 4) is 5.82 Å². The van der Waals surface area contributed by atoms with E-state index >= 15 is 0 Å². The van der Waals surface area contributed by atoms with Crippen molar-refractivity contribution in [2.75, 3.05) is 31.7 Å². The van der Waals surface area contributed by atoms with E-state index in [4.69, 9.17) is 9.47 Å². The maximum absolute atomic E-state index is 5.62. The normalized spacial score (nSPS) is 17.6. The van der Waals surface area contributed by atoms with Crippen molar-refractivity contribution in [3.63, 3.8) is 0 Å². The van der Waals surface area contributed by atoms with Crippen LogP contribution in [-0.2, 0) is 9.47 Å². The zero-order valence-corrected chi connectivity index (χ0v) is 13.7. The van der Waals surface area contributed by atoms with Crippen LogP contribution in [0.3, 0.4) is 0 Å². The van der Waals surface area contributed by atoms with Crippen molar-refractivity contribution < 1.29 is 9.47 Å². The van der Waals surface area contributed by atoms with Gasteiger partial charge in [-0.1, -0.05) is 0 Å². The molecule has 2 aromatic heterocycles. The molecular weight excluding hydrogens is 294 g/mol. The number of hydrogen-bond donors (Lipinski definition) is 1. The first-order valence-corrected chi connectivity index (χ1v) is 8.01. The van der Waals surface area contributed by atoms with Gasteiger partial charge in [0.15, 0.2) is 5.82 Å². The van der Waals surface area contributed by atoms with E-state index in [2.05, 4.69) is 20.4 Å². The van der Waals surface area contributed by atoms with Crippen molar-refractivity contribution >= 4 is 5.82 Å². The molecule has 7 heteroatoms. The minimum Gasteiger partial charge on any atom is -0.377 e. The largest absolute Gasteiger partial charge is 0.377 e. The lowest BCUT2D eigenvalue weighted by atomic mass is 10.2. The maximum Gasteiger partial charge on any atom is 0.174 e. The monoisotopic (exact) mass is 317 g/mol. The number of ether oxygens (including phenoxy) is 2. The molecule has 0 aromatic carbocycles. The first kappa shape index (κ1) is 15.9. The second-order valence-corrected chi connectivity index (χ2v) is 5.74. The lowest BCUT2D eigenvalue weighted by Crippen LogP contribution is -2.18. The van der Waals surface area contributed by atoms with Crippen LogP contribution in [0.25, 0.3) is 5.82 Å². The Hall–Kier alpha value is -1.99. The van der Waals surface area contributed by atoms with E-state index in [1.165, 1.54) is 0 Å². The summed E-state index contributed by atoms with van der Waals surface area (Å²) < 4.78 is 12.9. The molecule has 0 bridgehead atoms. The highest BCUT2D eigenvalue weighted by Crippen LogP contribution is 2.12. The molecule has 1 atom stereocenters. The Morgan fingerprint density at radius 3 is 3.04 bits per heavy atom. The Bertz CT molecular complexity index is 637. The van der Waals surface area contributed by atoms with Crippen LogP contribution in [0.5, 0.6) is 0 Å². The molecule has 124 valence electrons. The molecule has 1 unspecified atom stereocenters. The van der Waals surface area contributed by atoms with E-state index < -0.39 is 0 Å². The van der Waals surface area contributed by atoms with Crippen LogP contribution in [0.1, 0.15) is 24.2 Å². The van der Waals surface area contributed by atoms with Gasteiger partial charge in [0.25, 0.3) is 0 Å². The van der Waals surface area contributed by atoms with Gasteiger partial charge < -0.3 is 14.8 Å². The van der Waals surface area contributed by atoms with Crippen molar-refractivity contribution in [3.05, 3.63) is 29.8 Å². The molecule has 1 aliphatic rings. The van der Waals surface area contributed by atoms with Gasteiger partial charge in [-0.15, -0.1) is 0 Å². The van der Waals surface area contributed by atoms with Gasteiger partial charge in [-0.05, 0) is 32.8 Å². The summed E-state index contributed by atoms with van der Waals surface area (Å²) in [6.07, 6.45) is 5.92. The summed E-state index contributed by atoms with van der Waals surface area (Å²) in [5, 5.41) is 7.65. The van der Waals surface area contributed by atoms with Crippen LogP contribution < -0.4 is 5.32 Å². The van der Waals surface area contributed by atoms with Crippen LogP contribution in [-0.4, -0.2) is 52.2 Å². The predicted octanol–water partition coefficient (Wildman–Crippen LogP) is 1.89. The van der Waals surface area contributed by atoms with Gasteiger partial charge in [0.1, 0.15) is 5.82 Å². The minimum atomic E-state index is 0.268. The average Bonchev–Trinajstić information content (AvgIpc) is 3.17. The first-order chi connectivity index (χ1) is 11.2. The van der Waals surface area contributed by atoms with Gasteiger partial charge in [-0.3, -0.25) is 4.98 Å². The Morgan fingerprint density at radius 2 is 2.30 bits per heavy atom. The summed E-state index contributed by atoms with van der Waals surface area (Å²) in [6.45, 7) is 6.79. The molecular formula is C16H23N5O2. The fraction of sp³-hybridized carbons (Fsp3) is 0.562. The highest BCUT2D eigenvalue weighted by Gasteiger charge is 2.14. The molecule has 0 amide bonds. The Morgan fingerprint density at radius 1 is 1.39 bits per heavy atom. The number of anilines is 1. The van der Waals surface area contributed by atoms with Gasteiger partial charge in [0.05, 0.1) is 37.4 Å². The van der Waals surface area contributed by atoms with Crippen molar-refractivity contribution in [1.29, 1.82) is 0 Å². The quantitative estimate of drug-likeness (QED) is 0.786. The molecule has 0 radical (unpaired) electrons. The Balaban J connectivity index is 1.48. The van der Waals surface area contributed by atoms with Crippen LogP contribution in [0, 0.1) is 13.8 Å². The summed E-state index contributed by atoms with van der Waals surface area (Å²) in [5.41, 5.74) is 2.00. The summed E-state index contributed by atoms with van der Waals surface area (Å²) in [5.74, 6) is 1.43. The molecule has 0 aliphatic carbocycles. The van der Waals surface area contributed by atoms with Gasteiger partial charge in [0.2, 0.25) is 0 Å². The number of nitrogens with one attached hydrogen (secondary N) is 1. The lowest BCUT2D eigenvalue weighted by Gasteiger charge is -2.11. The summed E-state index contributed by atoms with van der Waals surface area (Å²) >= 11 is 0. The zero-order chi connectivity index (χ0) is 16.1. The molecule has 0 spiro atoms. The molecule has 23 heavy (non-hydrogen) atoms. The highest BCUT2D eigenvalue weighted by molar-refractivity contribution is 5.36. The summed E-state index contributed by atoms with van der Waals surface area (Å²) in [6, 6.07) is 2.01. The molecule has 1 saturated heterocycles. The fourth-order valence-corrected chi connectivity index (χ4v) is 2.65. The third kappa shape index (κ3) is 4.27. The van der Waals surface area contributed by atoms with E-state index in [0.717, 1.165) is 36.7 Å². The maximum atomic E-state index is 5.62. The number of nitrogens with zero attached hydrogens (tertiary/aromatic N) is 4. The van der Waals surface area contributed by atoms with E-state index in [9.17, 15) is 0 Å². The van der Waals surface area contributed by atoms with Crippen LogP contribution in [0.15, 0.2) is 18.5 Å². The van der Waals surface area contributed by atoms with Gasteiger partial charge in [-0.2, -0.15) is 5.10 Å². The van der Waals surface area contributed by atoms with Crippen LogP contribution in [0.2, 0.25) is 0 Å². The fourth-order valence-electron chi connectivity index (χ4n) is 2.65. The first-order valence-electron chi connectivity index (χ1n) is 8.01. The molecule has 3 heterocycles. The number of aryl methyl sites for hydroxylation is 2. The standard InChI is InChI=1S/C16H23N5O2/c1-12-8-13(2)21(20-12)16-10-17-9-15(19-16)18-5-7-22-11-14-4-3-6-23-14/h8-10,14H,3-7,11H2,1-2H3,(H,18,19). The molecule has 1 fully saturated rings. The van der Waals surface area contributed by atoms with Crippen molar-refractivity contribution in [2.24, 2.45) is 0 Å². The topological polar surface area (TPSA) is 74.1 Å². The number of aromatic nitrogens is 4. The molecule has 2 aromatic rings. The molecule has 7 nitrogen and oxygen atoms in total. The third-order valence-corrected chi connectivity index (χ3v) is 3.73. The van der Waals surface area contributed by atoms with Gasteiger partial charge in [-0.25, -0.2) is 9.67 Å². The highest BCUT2D eigenvalue weighted by atomic mass is 16.5. The van der Waals surface area contributed by atoms with Crippen molar-refractivity contribution in [2.45, 2.75) is 32.8 Å². The summed E-state index contributed by atoms with van der Waals surface area (Å²) in [7, 11) is 0. The second-order valence-electron chi connectivity index (χ2n) is 5.74. The summed E-state index contributed by atoms with van der Waals surface area (Å²) in [4.78, 5) is 8.77. The van der Waals surface area contributed by atoms with E-state index in [1.807, 2.05) is 19.9 Å². The van der Waals surface area contributed by atoms with Gasteiger partial charge in [0, 0.05) is 18.8 Å². The van der Waals surface area contributed by atoms with Gasteiger partial charge >= 0.3 is 0 Å². The number of hydrogen-bond acceptors (Lipinski definition) is 6. The smallest absolute Gasteiger partial charge is 0.174 e. The Labute approximate surface area is 136 Å². The second kappa shape index (κ2) is 7.52. The third-order valence-electron chi connectivity index (χ3n) is 3.73. The Kier molecular flexibility index (Phi) is 5.19. The molecule has 1 aliphatic heterocycles. The molecule has 1 N–H and O–H groups in total.